The van der Waals surface area contributed by atoms with Gasteiger partial charge in [0.1, 0.15) is 0 Å². The maximum absolute atomic E-state index is 12.7. The maximum atomic E-state index is 12.7. The molecule has 2 N–H and O–H groups in total. The smallest absolute Gasteiger partial charge is 0.227 e. The molecule has 2 aliphatic rings. The predicted octanol–water partition coefficient (Wildman–Crippen LogP) is 2.33. The highest BCUT2D eigenvalue weighted by atomic mass is 16.2. The van der Waals surface area contributed by atoms with Gasteiger partial charge in [0.2, 0.25) is 5.91 Å². The number of nitrogens with two attached hydrogens (primary N) is 1. The Bertz CT molecular complexity index is 511. The average Bonchev–Trinajstić information content (AvgIpc) is 2.98. The third-order valence-corrected chi connectivity index (χ3v) is 5.14. The predicted molar refractivity (Wildman–Crippen MR) is 79.9 cm³/mol. The van der Waals surface area contributed by atoms with Crippen molar-refractivity contribution in [2.24, 2.45) is 23.5 Å². The molecule has 0 heterocycles. The highest BCUT2D eigenvalue weighted by Gasteiger charge is 2.49. The quantitative estimate of drug-likeness (QED) is 0.918. The molecule has 20 heavy (non-hydrogen) atoms. The minimum absolute atomic E-state index is 0.0589. The fraction of sp³-hybridized carbons (Fsp3) is 0.588. The second kappa shape index (κ2) is 5.21. The molecule has 2 saturated carbocycles. The summed E-state index contributed by atoms with van der Waals surface area (Å²) in [6.07, 6.45) is 3.57. The monoisotopic (exact) mass is 272 g/mol. The summed E-state index contributed by atoms with van der Waals surface area (Å²) in [5.41, 5.74) is 8.70. The zero-order valence-corrected chi connectivity index (χ0v) is 12.4. The Morgan fingerprint density at radius 2 is 2.10 bits per heavy atom. The first-order valence-corrected chi connectivity index (χ1v) is 7.62. The largest absolute Gasteiger partial charge is 0.341 e. The molecule has 2 aliphatic carbocycles. The number of nitrogens with zero attached hydrogens (tertiary/aromatic N) is 1. The van der Waals surface area contributed by atoms with Crippen molar-refractivity contribution in [1.29, 1.82) is 0 Å². The van der Waals surface area contributed by atoms with Crippen LogP contribution < -0.4 is 5.73 Å². The summed E-state index contributed by atoms with van der Waals surface area (Å²) < 4.78 is 0. The van der Waals surface area contributed by atoms with Crippen LogP contribution in [0.25, 0.3) is 0 Å². The van der Waals surface area contributed by atoms with E-state index in [-0.39, 0.29) is 17.9 Å². The van der Waals surface area contributed by atoms with Crippen LogP contribution in [-0.4, -0.2) is 23.9 Å². The van der Waals surface area contributed by atoms with Crippen LogP contribution >= 0.6 is 0 Å². The van der Waals surface area contributed by atoms with Crippen molar-refractivity contribution in [3.63, 3.8) is 0 Å². The normalized spacial score (nSPS) is 31.6. The minimum Gasteiger partial charge on any atom is -0.341 e. The second-order valence-corrected chi connectivity index (χ2v) is 6.62. The summed E-state index contributed by atoms with van der Waals surface area (Å²) >= 11 is 0. The number of fused-ring (bicyclic) bond motifs is 2. The zero-order chi connectivity index (χ0) is 14.3. The minimum atomic E-state index is 0.0589. The SMILES string of the molecule is Cc1cccc(CN(C)C(=O)C2C3CCC(C3)C2N)c1. The lowest BCUT2D eigenvalue weighted by Gasteiger charge is -2.31. The molecule has 3 nitrogen and oxygen atoms in total. The fourth-order valence-electron chi connectivity index (χ4n) is 4.12. The van der Waals surface area contributed by atoms with Crippen LogP contribution in [0.2, 0.25) is 0 Å². The first kappa shape index (κ1) is 13.6. The van der Waals surface area contributed by atoms with Crippen molar-refractivity contribution in [3.05, 3.63) is 35.4 Å². The van der Waals surface area contributed by atoms with E-state index in [4.69, 9.17) is 5.73 Å². The first-order chi connectivity index (χ1) is 9.56. The summed E-state index contributed by atoms with van der Waals surface area (Å²) in [6.45, 7) is 2.76. The maximum Gasteiger partial charge on any atom is 0.227 e. The van der Waals surface area contributed by atoms with E-state index in [1.165, 1.54) is 24.0 Å². The third kappa shape index (κ3) is 2.35. The van der Waals surface area contributed by atoms with E-state index in [1.807, 2.05) is 18.0 Å². The number of carbonyl (C=O) groups excluding carboxylic acids is 1. The van der Waals surface area contributed by atoms with Gasteiger partial charge in [0.25, 0.3) is 0 Å². The van der Waals surface area contributed by atoms with Gasteiger partial charge in [-0.2, -0.15) is 0 Å². The van der Waals surface area contributed by atoms with Crippen LogP contribution in [0.15, 0.2) is 24.3 Å². The van der Waals surface area contributed by atoms with E-state index in [2.05, 4.69) is 25.1 Å². The van der Waals surface area contributed by atoms with Gasteiger partial charge in [-0.3, -0.25) is 4.79 Å². The average molecular weight is 272 g/mol. The molecule has 108 valence electrons. The zero-order valence-electron chi connectivity index (χ0n) is 12.4. The lowest BCUT2D eigenvalue weighted by atomic mass is 9.84. The summed E-state index contributed by atoms with van der Waals surface area (Å²) in [6, 6.07) is 8.44. The fourth-order valence-corrected chi connectivity index (χ4v) is 4.12. The number of hydrogen-bond donors (Lipinski definition) is 1. The van der Waals surface area contributed by atoms with Crippen molar-refractivity contribution in [2.45, 2.75) is 38.8 Å². The summed E-state index contributed by atoms with van der Waals surface area (Å²) in [5.74, 6) is 1.42. The van der Waals surface area contributed by atoms with Crippen molar-refractivity contribution in [3.8, 4) is 0 Å². The number of aryl methyl sites for hydroxylation is 1. The molecule has 0 spiro atoms. The van der Waals surface area contributed by atoms with E-state index < -0.39 is 0 Å². The summed E-state index contributed by atoms with van der Waals surface area (Å²) in [4.78, 5) is 14.5. The Labute approximate surface area is 121 Å². The highest BCUT2D eigenvalue weighted by molar-refractivity contribution is 5.80. The topological polar surface area (TPSA) is 46.3 Å². The summed E-state index contributed by atoms with van der Waals surface area (Å²) in [7, 11) is 1.91. The van der Waals surface area contributed by atoms with Crippen molar-refractivity contribution >= 4 is 5.91 Å². The number of amides is 1. The molecular formula is C17H24N2O. The third-order valence-electron chi connectivity index (χ3n) is 5.14. The van der Waals surface area contributed by atoms with E-state index in [0.29, 0.717) is 18.4 Å². The molecule has 2 fully saturated rings. The van der Waals surface area contributed by atoms with Crippen LogP contribution in [0.5, 0.6) is 0 Å². The van der Waals surface area contributed by atoms with Gasteiger partial charge in [0, 0.05) is 19.6 Å². The van der Waals surface area contributed by atoms with E-state index in [0.717, 1.165) is 6.42 Å². The van der Waals surface area contributed by atoms with Crippen LogP contribution in [0.1, 0.15) is 30.4 Å². The molecule has 3 rings (SSSR count). The molecule has 4 atom stereocenters. The van der Waals surface area contributed by atoms with Gasteiger partial charge in [-0.05, 0) is 43.6 Å². The molecule has 1 aromatic carbocycles. The van der Waals surface area contributed by atoms with Crippen LogP contribution in [0.4, 0.5) is 0 Å². The van der Waals surface area contributed by atoms with Gasteiger partial charge in [0.15, 0.2) is 0 Å². The van der Waals surface area contributed by atoms with Crippen molar-refractivity contribution in [2.75, 3.05) is 7.05 Å². The standard InChI is InChI=1S/C17H24N2O/c1-11-4-3-5-12(8-11)10-19(2)17(20)15-13-6-7-14(9-13)16(15)18/h3-5,8,13-16H,6-7,9-10,18H2,1-2H3. The number of carbonyl (C=O) groups is 1. The van der Waals surface area contributed by atoms with Crippen molar-refractivity contribution in [1.82, 2.24) is 4.90 Å². The molecule has 4 unspecified atom stereocenters. The number of rotatable bonds is 3. The number of benzene rings is 1. The first-order valence-electron chi connectivity index (χ1n) is 7.62. The molecule has 3 heteroatoms. The van der Waals surface area contributed by atoms with Crippen LogP contribution in [0.3, 0.4) is 0 Å². The van der Waals surface area contributed by atoms with Crippen LogP contribution in [0, 0.1) is 24.7 Å². The van der Waals surface area contributed by atoms with Gasteiger partial charge in [-0.25, -0.2) is 0 Å². The molecule has 0 aromatic heterocycles. The van der Waals surface area contributed by atoms with Gasteiger partial charge in [-0.15, -0.1) is 0 Å². The molecule has 2 bridgehead atoms. The Morgan fingerprint density at radius 1 is 1.35 bits per heavy atom. The van der Waals surface area contributed by atoms with E-state index >= 15 is 0 Å². The second-order valence-electron chi connectivity index (χ2n) is 6.62. The summed E-state index contributed by atoms with van der Waals surface area (Å²) in [5, 5.41) is 0. The van der Waals surface area contributed by atoms with Gasteiger partial charge >= 0.3 is 0 Å². The van der Waals surface area contributed by atoms with E-state index in [9.17, 15) is 4.79 Å². The molecule has 1 amide bonds. The highest BCUT2D eigenvalue weighted by Crippen LogP contribution is 2.48. The Balaban J connectivity index is 1.68. The van der Waals surface area contributed by atoms with Gasteiger partial charge < -0.3 is 10.6 Å². The Hall–Kier alpha value is -1.35. The van der Waals surface area contributed by atoms with Crippen molar-refractivity contribution < 1.29 is 4.79 Å². The molecule has 0 radical (unpaired) electrons. The number of hydrogen-bond acceptors (Lipinski definition) is 2. The molecule has 0 saturated heterocycles. The van der Waals surface area contributed by atoms with Gasteiger partial charge in [0.05, 0.1) is 5.92 Å². The molecule has 0 aliphatic heterocycles. The molecular weight excluding hydrogens is 248 g/mol. The Morgan fingerprint density at radius 3 is 2.75 bits per heavy atom. The molecule has 1 aromatic rings. The van der Waals surface area contributed by atoms with Gasteiger partial charge in [-0.1, -0.05) is 29.8 Å². The van der Waals surface area contributed by atoms with Crippen LogP contribution in [-0.2, 0) is 11.3 Å². The Kier molecular flexibility index (Phi) is 3.55. The lowest BCUT2D eigenvalue weighted by Crippen LogP contribution is -2.45. The lowest BCUT2D eigenvalue weighted by molar-refractivity contribution is -0.137. The van der Waals surface area contributed by atoms with E-state index in [1.54, 1.807) is 0 Å².